The van der Waals surface area contributed by atoms with Gasteiger partial charge < -0.3 is 9.47 Å². The molecule has 0 aliphatic carbocycles. The van der Waals surface area contributed by atoms with Crippen LogP contribution in [-0.2, 0) is 28.7 Å². The topological polar surface area (TPSA) is 93.2 Å². The number of hydrogen-bond donors (Lipinski definition) is 0. The lowest BCUT2D eigenvalue weighted by atomic mass is 10.2. The molecule has 2 fully saturated rings. The lowest BCUT2D eigenvalue weighted by molar-refractivity contribution is -0.143. The van der Waals surface area contributed by atoms with Crippen molar-refractivity contribution >= 4 is 35.1 Å². The van der Waals surface area contributed by atoms with E-state index < -0.39 is 24.0 Å². The molecule has 2 heterocycles. The van der Waals surface area contributed by atoms with Crippen molar-refractivity contribution in [1.29, 1.82) is 0 Å². The summed E-state index contributed by atoms with van der Waals surface area (Å²) in [6.45, 7) is 0. The van der Waals surface area contributed by atoms with E-state index in [9.17, 15) is 19.2 Å². The molecule has 0 aromatic heterocycles. The maximum absolute atomic E-state index is 12.2. The van der Waals surface area contributed by atoms with Crippen LogP contribution in [-0.4, -0.2) is 50.1 Å². The van der Waals surface area contributed by atoms with Gasteiger partial charge in [-0.3, -0.25) is 19.4 Å². The summed E-state index contributed by atoms with van der Waals surface area (Å²) in [6.07, 6.45) is 1.36. The van der Waals surface area contributed by atoms with E-state index in [4.69, 9.17) is 9.47 Å². The maximum atomic E-state index is 12.2. The average Bonchev–Trinajstić information content (AvgIpc) is 3.23. The molecular weight excluding hydrogens is 340 g/mol. The summed E-state index contributed by atoms with van der Waals surface area (Å²) in [5.74, 6) is -1.23. The van der Waals surface area contributed by atoms with Gasteiger partial charge in [-0.25, -0.2) is 9.59 Å². The Labute approximate surface area is 150 Å². The second kappa shape index (κ2) is 7.15. The number of methoxy groups -OCH3 is 2. The van der Waals surface area contributed by atoms with Crippen molar-refractivity contribution in [2.45, 2.75) is 37.8 Å². The third-order valence-electron chi connectivity index (χ3n) is 4.78. The van der Waals surface area contributed by atoms with Gasteiger partial charge >= 0.3 is 11.9 Å². The number of anilines is 2. The van der Waals surface area contributed by atoms with Crippen molar-refractivity contribution in [3.63, 3.8) is 0 Å². The number of hydrogen-bond acceptors (Lipinski definition) is 6. The molecule has 2 aliphatic heterocycles. The maximum Gasteiger partial charge on any atom is 0.328 e. The predicted octanol–water partition coefficient (Wildman–Crippen LogP) is 1.02. The van der Waals surface area contributed by atoms with E-state index in [2.05, 4.69) is 0 Å². The zero-order valence-electron chi connectivity index (χ0n) is 14.6. The molecule has 1 aromatic rings. The predicted molar refractivity (Wildman–Crippen MR) is 91.5 cm³/mol. The first-order chi connectivity index (χ1) is 12.5. The second-order valence-electron chi connectivity index (χ2n) is 6.20. The van der Waals surface area contributed by atoms with E-state index in [1.807, 2.05) is 0 Å². The van der Waals surface area contributed by atoms with Crippen molar-refractivity contribution < 1.29 is 28.7 Å². The fraction of sp³-hybridized carbons (Fsp3) is 0.444. The molecule has 8 heteroatoms. The highest BCUT2D eigenvalue weighted by Gasteiger charge is 2.39. The SMILES string of the molecule is COC(=O)[C@H]1CCC(=O)N1c1ccc(N2C(=O)CC[C@H]2C(=O)OC)cc1. The van der Waals surface area contributed by atoms with Crippen molar-refractivity contribution in [3.05, 3.63) is 24.3 Å². The molecule has 2 atom stereocenters. The summed E-state index contributed by atoms with van der Waals surface area (Å²) < 4.78 is 9.54. The Morgan fingerprint density at radius 1 is 0.808 bits per heavy atom. The molecule has 2 aliphatic rings. The van der Waals surface area contributed by atoms with Gasteiger partial charge in [0.2, 0.25) is 11.8 Å². The highest BCUT2D eigenvalue weighted by Crippen LogP contribution is 2.32. The first kappa shape index (κ1) is 17.9. The average molecular weight is 360 g/mol. The van der Waals surface area contributed by atoms with Crippen LogP contribution in [0.3, 0.4) is 0 Å². The molecule has 0 bridgehead atoms. The van der Waals surface area contributed by atoms with Crippen LogP contribution in [0.5, 0.6) is 0 Å². The minimum absolute atomic E-state index is 0.155. The van der Waals surface area contributed by atoms with E-state index in [1.54, 1.807) is 24.3 Å². The number of esters is 2. The standard InChI is InChI=1S/C18H20N2O6/c1-25-17(23)13-7-9-15(21)19(13)11-3-5-12(6-4-11)20-14(18(24)26-2)8-10-16(20)22/h3-6,13-14H,7-10H2,1-2H3/t13-,14+. The summed E-state index contributed by atoms with van der Waals surface area (Å²) in [6, 6.07) is 5.36. The third kappa shape index (κ3) is 3.02. The van der Waals surface area contributed by atoms with Gasteiger partial charge in [-0.05, 0) is 37.1 Å². The second-order valence-corrected chi connectivity index (χ2v) is 6.20. The molecule has 2 amide bonds. The monoisotopic (exact) mass is 360 g/mol. The number of carbonyl (C=O) groups is 4. The third-order valence-corrected chi connectivity index (χ3v) is 4.78. The Balaban J connectivity index is 1.86. The van der Waals surface area contributed by atoms with Crippen molar-refractivity contribution in [2.24, 2.45) is 0 Å². The highest BCUT2D eigenvalue weighted by molar-refractivity contribution is 6.04. The number of rotatable bonds is 4. The molecule has 3 rings (SSSR count). The van der Waals surface area contributed by atoms with E-state index in [0.717, 1.165) is 0 Å². The Bertz CT molecular complexity index is 682. The number of ether oxygens (including phenoxy) is 2. The van der Waals surface area contributed by atoms with Gasteiger partial charge in [0, 0.05) is 24.2 Å². The van der Waals surface area contributed by atoms with Crippen LogP contribution >= 0.6 is 0 Å². The van der Waals surface area contributed by atoms with Gasteiger partial charge in [0.25, 0.3) is 0 Å². The first-order valence-corrected chi connectivity index (χ1v) is 8.37. The number of carbonyl (C=O) groups excluding carboxylic acids is 4. The van der Waals surface area contributed by atoms with Crippen molar-refractivity contribution in [3.8, 4) is 0 Å². The molecule has 2 saturated heterocycles. The van der Waals surface area contributed by atoms with Crippen LogP contribution in [0, 0.1) is 0 Å². The Morgan fingerprint density at radius 3 is 1.46 bits per heavy atom. The van der Waals surface area contributed by atoms with Gasteiger partial charge in [-0.15, -0.1) is 0 Å². The summed E-state index contributed by atoms with van der Waals surface area (Å²) in [5, 5.41) is 0. The van der Waals surface area contributed by atoms with Crippen LogP contribution in [0.25, 0.3) is 0 Å². The van der Waals surface area contributed by atoms with Crippen LogP contribution in [0.2, 0.25) is 0 Å². The Morgan fingerprint density at radius 2 is 1.15 bits per heavy atom. The summed E-state index contributed by atoms with van der Waals surface area (Å²) in [4.78, 5) is 51.0. The molecule has 0 N–H and O–H groups in total. The molecule has 1 aromatic carbocycles. The largest absolute Gasteiger partial charge is 0.467 e. The first-order valence-electron chi connectivity index (χ1n) is 8.37. The van der Waals surface area contributed by atoms with E-state index in [1.165, 1.54) is 24.0 Å². The van der Waals surface area contributed by atoms with Crippen molar-refractivity contribution in [1.82, 2.24) is 0 Å². The fourth-order valence-corrected chi connectivity index (χ4v) is 3.51. The number of benzene rings is 1. The molecule has 0 unspecified atom stereocenters. The molecule has 0 spiro atoms. The zero-order valence-corrected chi connectivity index (χ0v) is 14.6. The fourth-order valence-electron chi connectivity index (χ4n) is 3.51. The lowest BCUT2D eigenvalue weighted by Crippen LogP contribution is -2.40. The van der Waals surface area contributed by atoms with Crippen LogP contribution < -0.4 is 9.80 Å². The molecule has 26 heavy (non-hydrogen) atoms. The van der Waals surface area contributed by atoms with Crippen LogP contribution in [0.4, 0.5) is 11.4 Å². The van der Waals surface area contributed by atoms with E-state index in [0.29, 0.717) is 24.2 Å². The molecule has 0 radical (unpaired) electrons. The summed E-state index contributed by atoms with van der Waals surface area (Å²) >= 11 is 0. The van der Waals surface area contributed by atoms with Crippen LogP contribution in [0.1, 0.15) is 25.7 Å². The molecule has 8 nitrogen and oxygen atoms in total. The minimum atomic E-state index is -0.644. The van der Waals surface area contributed by atoms with Gasteiger partial charge in [-0.1, -0.05) is 0 Å². The normalized spacial score (nSPS) is 22.7. The van der Waals surface area contributed by atoms with Gasteiger partial charge in [-0.2, -0.15) is 0 Å². The van der Waals surface area contributed by atoms with Crippen LogP contribution in [0.15, 0.2) is 24.3 Å². The zero-order chi connectivity index (χ0) is 18.8. The minimum Gasteiger partial charge on any atom is -0.467 e. The lowest BCUT2D eigenvalue weighted by Gasteiger charge is -2.25. The van der Waals surface area contributed by atoms with E-state index >= 15 is 0 Å². The summed E-state index contributed by atoms with van der Waals surface area (Å²) in [5.41, 5.74) is 1.10. The highest BCUT2D eigenvalue weighted by atomic mass is 16.5. The smallest absolute Gasteiger partial charge is 0.328 e. The molecule has 138 valence electrons. The van der Waals surface area contributed by atoms with Gasteiger partial charge in [0.05, 0.1) is 14.2 Å². The summed E-state index contributed by atoms with van der Waals surface area (Å²) in [7, 11) is 2.58. The van der Waals surface area contributed by atoms with Crippen molar-refractivity contribution in [2.75, 3.05) is 24.0 Å². The quantitative estimate of drug-likeness (QED) is 0.745. The number of amides is 2. The number of nitrogens with zero attached hydrogens (tertiary/aromatic N) is 2. The Hall–Kier alpha value is -2.90. The van der Waals surface area contributed by atoms with Gasteiger partial charge in [0.15, 0.2) is 0 Å². The molecular formula is C18H20N2O6. The molecule has 0 saturated carbocycles. The van der Waals surface area contributed by atoms with Gasteiger partial charge in [0.1, 0.15) is 12.1 Å². The Kier molecular flexibility index (Phi) is 4.92. The van der Waals surface area contributed by atoms with E-state index in [-0.39, 0.29) is 24.7 Å².